The van der Waals surface area contributed by atoms with Crippen molar-refractivity contribution in [1.29, 1.82) is 5.26 Å². The predicted octanol–water partition coefficient (Wildman–Crippen LogP) is 5.05. The first-order valence-electron chi connectivity index (χ1n) is 7.14. The second kappa shape index (κ2) is 8.53. The Hall–Kier alpha value is -2.29. The third kappa shape index (κ3) is 4.85. The number of nitrogens with zero attached hydrogens (tertiary/aromatic N) is 1. The van der Waals surface area contributed by atoms with Crippen LogP contribution in [0.2, 0.25) is 5.02 Å². The van der Waals surface area contributed by atoms with E-state index >= 15 is 0 Å². The van der Waals surface area contributed by atoms with Crippen molar-refractivity contribution in [3.05, 3.63) is 63.1 Å². The first-order chi connectivity index (χ1) is 11.5. The van der Waals surface area contributed by atoms with Crippen LogP contribution in [-0.4, -0.2) is 12.5 Å². The molecule has 0 saturated heterocycles. The summed E-state index contributed by atoms with van der Waals surface area (Å²) in [5.74, 6) is 0.0891. The van der Waals surface area contributed by atoms with Gasteiger partial charge in [0.05, 0.1) is 6.61 Å². The molecule has 0 fully saturated rings. The first kappa shape index (κ1) is 18.1. The van der Waals surface area contributed by atoms with E-state index in [-0.39, 0.29) is 5.57 Å². The van der Waals surface area contributed by atoms with E-state index in [2.05, 4.69) is 21.2 Å². The Morgan fingerprint density at radius 1 is 1.38 bits per heavy atom. The van der Waals surface area contributed by atoms with Gasteiger partial charge in [-0.15, -0.1) is 0 Å². The smallest absolute Gasteiger partial charge is 0.266 e. The van der Waals surface area contributed by atoms with Gasteiger partial charge in [0.15, 0.2) is 0 Å². The number of amides is 1. The minimum absolute atomic E-state index is 0.0333. The molecule has 0 aliphatic heterocycles. The van der Waals surface area contributed by atoms with Crippen molar-refractivity contribution in [3.8, 4) is 11.8 Å². The van der Waals surface area contributed by atoms with E-state index in [1.54, 1.807) is 36.4 Å². The average molecular weight is 406 g/mol. The molecule has 0 heterocycles. The molecule has 0 radical (unpaired) electrons. The summed E-state index contributed by atoms with van der Waals surface area (Å²) in [4.78, 5) is 12.3. The summed E-state index contributed by atoms with van der Waals surface area (Å²) < 4.78 is 6.35. The van der Waals surface area contributed by atoms with Crippen molar-refractivity contribution in [3.63, 3.8) is 0 Å². The molecule has 2 aromatic rings. The summed E-state index contributed by atoms with van der Waals surface area (Å²) in [6, 6.07) is 14.0. The molecule has 0 atom stereocenters. The normalized spacial score (nSPS) is 10.8. The summed E-state index contributed by atoms with van der Waals surface area (Å²) in [5, 5.41) is 12.5. The molecule has 0 unspecified atom stereocenters. The lowest BCUT2D eigenvalue weighted by Gasteiger charge is -2.09. The van der Waals surface area contributed by atoms with Gasteiger partial charge in [0.25, 0.3) is 5.91 Å². The van der Waals surface area contributed by atoms with Crippen LogP contribution in [0.5, 0.6) is 5.75 Å². The lowest BCUT2D eigenvalue weighted by Crippen LogP contribution is -2.13. The zero-order valence-electron chi connectivity index (χ0n) is 12.8. The number of rotatable bonds is 5. The number of carbonyl (C=O) groups is 1. The van der Waals surface area contributed by atoms with Crippen molar-refractivity contribution in [2.24, 2.45) is 0 Å². The molecule has 4 nitrogen and oxygen atoms in total. The Kier molecular flexibility index (Phi) is 6.42. The number of halogens is 2. The van der Waals surface area contributed by atoms with Crippen LogP contribution in [0.1, 0.15) is 12.5 Å². The van der Waals surface area contributed by atoms with Gasteiger partial charge in [-0.05, 0) is 49.4 Å². The van der Waals surface area contributed by atoms with E-state index in [9.17, 15) is 10.1 Å². The molecule has 2 aromatic carbocycles. The van der Waals surface area contributed by atoms with Crippen LogP contribution < -0.4 is 10.1 Å². The van der Waals surface area contributed by atoms with E-state index in [0.29, 0.717) is 28.6 Å². The molecule has 2 rings (SSSR count). The lowest BCUT2D eigenvalue weighted by molar-refractivity contribution is -0.112. The van der Waals surface area contributed by atoms with Crippen molar-refractivity contribution >= 4 is 45.2 Å². The van der Waals surface area contributed by atoms with Crippen molar-refractivity contribution in [2.45, 2.75) is 6.92 Å². The summed E-state index contributed by atoms with van der Waals surface area (Å²) in [6.07, 6.45) is 1.50. The standard InChI is InChI=1S/C18H14BrClN2O2/c1-2-24-17-7-6-14(19)9-12(17)8-13(11-21)18(23)22-16-5-3-4-15(20)10-16/h3-10H,2H2,1H3,(H,22,23)/b13-8+. The number of ether oxygens (including phenoxy) is 1. The first-order valence-corrected chi connectivity index (χ1v) is 8.31. The van der Waals surface area contributed by atoms with E-state index in [4.69, 9.17) is 16.3 Å². The number of nitriles is 1. The summed E-state index contributed by atoms with van der Waals surface area (Å²) in [6.45, 7) is 2.35. The van der Waals surface area contributed by atoms with Gasteiger partial charge in [0.1, 0.15) is 17.4 Å². The van der Waals surface area contributed by atoms with E-state index in [1.165, 1.54) is 6.08 Å². The Morgan fingerprint density at radius 2 is 2.17 bits per heavy atom. The van der Waals surface area contributed by atoms with Gasteiger partial charge in [0, 0.05) is 20.7 Å². The predicted molar refractivity (Wildman–Crippen MR) is 99.0 cm³/mol. The molecule has 1 N–H and O–H groups in total. The highest BCUT2D eigenvalue weighted by atomic mass is 79.9. The second-order valence-corrected chi connectivity index (χ2v) is 6.10. The van der Waals surface area contributed by atoms with Gasteiger partial charge in [-0.3, -0.25) is 4.79 Å². The molecule has 0 aliphatic rings. The fraction of sp³-hybridized carbons (Fsp3) is 0.111. The van der Waals surface area contributed by atoms with Gasteiger partial charge in [-0.2, -0.15) is 5.26 Å². The zero-order chi connectivity index (χ0) is 17.5. The molecule has 0 spiro atoms. The van der Waals surface area contributed by atoms with E-state index in [0.717, 1.165) is 4.47 Å². The molecule has 1 amide bonds. The fourth-order valence-corrected chi connectivity index (χ4v) is 2.56. The lowest BCUT2D eigenvalue weighted by atomic mass is 10.1. The third-order valence-electron chi connectivity index (χ3n) is 3.02. The molecule has 0 bridgehead atoms. The van der Waals surface area contributed by atoms with Crippen LogP contribution in [0, 0.1) is 11.3 Å². The SMILES string of the molecule is CCOc1ccc(Br)cc1/C=C(\C#N)C(=O)Nc1cccc(Cl)c1. The summed E-state index contributed by atoms with van der Waals surface area (Å²) >= 11 is 9.27. The van der Waals surface area contributed by atoms with Crippen LogP contribution in [-0.2, 0) is 4.79 Å². The zero-order valence-corrected chi connectivity index (χ0v) is 15.2. The minimum Gasteiger partial charge on any atom is -0.493 e. The number of nitrogens with one attached hydrogen (secondary N) is 1. The van der Waals surface area contributed by atoms with Gasteiger partial charge < -0.3 is 10.1 Å². The number of hydrogen-bond acceptors (Lipinski definition) is 3. The monoisotopic (exact) mass is 404 g/mol. The van der Waals surface area contributed by atoms with E-state index in [1.807, 2.05) is 19.1 Å². The number of benzene rings is 2. The minimum atomic E-state index is -0.512. The maximum absolute atomic E-state index is 12.3. The highest BCUT2D eigenvalue weighted by molar-refractivity contribution is 9.10. The van der Waals surface area contributed by atoms with Crippen molar-refractivity contribution in [2.75, 3.05) is 11.9 Å². The molecule has 0 aliphatic carbocycles. The second-order valence-electron chi connectivity index (χ2n) is 4.75. The average Bonchev–Trinajstić information content (AvgIpc) is 2.55. The molecule has 122 valence electrons. The van der Waals surface area contributed by atoms with Crippen LogP contribution in [0.4, 0.5) is 5.69 Å². The Morgan fingerprint density at radius 3 is 2.83 bits per heavy atom. The third-order valence-corrected chi connectivity index (χ3v) is 3.75. The quantitative estimate of drug-likeness (QED) is 0.559. The van der Waals surface area contributed by atoms with Gasteiger partial charge in [0.2, 0.25) is 0 Å². The number of carbonyl (C=O) groups excluding carboxylic acids is 1. The Bertz CT molecular complexity index is 828. The Labute approximate surface area is 153 Å². The fourth-order valence-electron chi connectivity index (χ4n) is 1.99. The topological polar surface area (TPSA) is 62.1 Å². The molecule has 24 heavy (non-hydrogen) atoms. The van der Waals surface area contributed by atoms with Crippen LogP contribution in [0.3, 0.4) is 0 Å². The maximum Gasteiger partial charge on any atom is 0.266 e. The molecular formula is C18H14BrClN2O2. The van der Waals surface area contributed by atoms with Crippen molar-refractivity contribution < 1.29 is 9.53 Å². The van der Waals surface area contributed by atoms with Gasteiger partial charge in [-0.25, -0.2) is 0 Å². The summed E-state index contributed by atoms with van der Waals surface area (Å²) in [5.41, 5.74) is 1.13. The van der Waals surface area contributed by atoms with Gasteiger partial charge in [-0.1, -0.05) is 33.6 Å². The van der Waals surface area contributed by atoms with Crippen LogP contribution in [0.25, 0.3) is 6.08 Å². The van der Waals surface area contributed by atoms with Crippen LogP contribution >= 0.6 is 27.5 Å². The highest BCUT2D eigenvalue weighted by Gasteiger charge is 2.12. The molecular weight excluding hydrogens is 392 g/mol. The molecule has 0 aromatic heterocycles. The Balaban J connectivity index is 2.30. The number of hydrogen-bond donors (Lipinski definition) is 1. The molecule has 0 saturated carbocycles. The van der Waals surface area contributed by atoms with Crippen molar-refractivity contribution in [1.82, 2.24) is 0 Å². The maximum atomic E-state index is 12.3. The van der Waals surface area contributed by atoms with Crippen LogP contribution in [0.15, 0.2) is 52.5 Å². The highest BCUT2D eigenvalue weighted by Crippen LogP contribution is 2.26. The van der Waals surface area contributed by atoms with E-state index < -0.39 is 5.91 Å². The number of anilines is 1. The largest absolute Gasteiger partial charge is 0.493 e. The van der Waals surface area contributed by atoms with Gasteiger partial charge >= 0.3 is 0 Å². The molecule has 6 heteroatoms. The summed E-state index contributed by atoms with van der Waals surface area (Å²) in [7, 11) is 0.